The van der Waals surface area contributed by atoms with Crippen molar-refractivity contribution in [3.05, 3.63) is 69.9 Å². The average Bonchev–Trinajstić information content (AvgIpc) is 2.98. The van der Waals surface area contributed by atoms with Crippen LogP contribution in [0.4, 0.5) is 0 Å². The van der Waals surface area contributed by atoms with Gasteiger partial charge in [0.2, 0.25) is 0 Å². The Morgan fingerprint density at radius 2 is 2.00 bits per heavy atom. The van der Waals surface area contributed by atoms with Crippen molar-refractivity contribution in [1.82, 2.24) is 15.3 Å². The summed E-state index contributed by atoms with van der Waals surface area (Å²) in [6.07, 6.45) is 3.46. The first-order valence-electron chi connectivity index (χ1n) is 7.49. The molecule has 24 heavy (non-hydrogen) atoms. The van der Waals surface area contributed by atoms with Gasteiger partial charge in [-0.3, -0.25) is 9.78 Å². The maximum Gasteiger partial charge on any atom is 0.263 e. The number of hydrogen-bond donors (Lipinski definition) is 1. The Morgan fingerprint density at radius 3 is 2.67 bits per heavy atom. The minimum absolute atomic E-state index is 0.113. The van der Waals surface area contributed by atoms with E-state index in [-0.39, 0.29) is 11.9 Å². The molecule has 1 amide bonds. The molecule has 0 saturated heterocycles. The smallest absolute Gasteiger partial charge is 0.263 e. The van der Waals surface area contributed by atoms with E-state index in [1.54, 1.807) is 12.4 Å². The first-order chi connectivity index (χ1) is 11.5. The van der Waals surface area contributed by atoms with Crippen LogP contribution in [0.3, 0.4) is 0 Å². The lowest BCUT2D eigenvalue weighted by Crippen LogP contribution is -2.26. The lowest BCUT2D eigenvalue weighted by molar-refractivity contribution is 0.0943. The Labute approximate surface area is 149 Å². The van der Waals surface area contributed by atoms with Gasteiger partial charge in [-0.2, -0.15) is 0 Å². The van der Waals surface area contributed by atoms with E-state index >= 15 is 0 Å². The molecule has 6 heteroatoms. The van der Waals surface area contributed by atoms with Crippen molar-refractivity contribution < 1.29 is 4.79 Å². The van der Waals surface area contributed by atoms with E-state index in [4.69, 9.17) is 11.6 Å². The fourth-order valence-corrected chi connectivity index (χ4v) is 3.40. The second kappa shape index (κ2) is 7.11. The molecule has 2 heterocycles. The van der Waals surface area contributed by atoms with Gasteiger partial charge in [0.15, 0.2) is 0 Å². The summed E-state index contributed by atoms with van der Waals surface area (Å²) in [5, 5.41) is 4.48. The molecule has 0 fully saturated rings. The van der Waals surface area contributed by atoms with Crippen molar-refractivity contribution in [3.63, 3.8) is 0 Å². The highest BCUT2D eigenvalue weighted by Crippen LogP contribution is 2.27. The summed E-state index contributed by atoms with van der Waals surface area (Å²) in [4.78, 5) is 21.8. The zero-order valence-electron chi connectivity index (χ0n) is 13.3. The standard InChI is InChI=1S/C18H16ClN3OS/c1-11(13-5-7-15(19)8-6-13)21-17(23)16-12(2)22-18(24-16)14-4-3-9-20-10-14/h3-11H,1-2H3,(H,21,23). The Morgan fingerprint density at radius 1 is 1.25 bits per heavy atom. The van der Waals surface area contributed by atoms with Crippen molar-refractivity contribution in [2.75, 3.05) is 0 Å². The Balaban J connectivity index is 1.78. The molecule has 1 N–H and O–H groups in total. The number of hydrogen-bond acceptors (Lipinski definition) is 4. The number of aromatic nitrogens is 2. The number of benzene rings is 1. The van der Waals surface area contributed by atoms with E-state index in [2.05, 4.69) is 15.3 Å². The van der Waals surface area contributed by atoms with Crippen LogP contribution in [0.2, 0.25) is 5.02 Å². The van der Waals surface area contributed by atoms with Gasteiger partial charge in [-0.15, -0.1) is 11.3 Å². The number of nitrogens with zero attached hydrogens (tertiary/aromatic N) is 2. The van der Waals surface area contributed by atoms with Gasteiger partial charge in [-0.1, -0.05) is 23.7 Å². The van der Waals surface area contributed by atoms with E-state index in [9.17, 15) is 4.79 Å². The SMILES string of the molecule is Cc1nc(-c2cccnc2)sc1C(=O)NC(C)c1ccc(Cl)cc1. The van der Waals surface area contributed by atoms with Crippen LogP contribution in [0.15, 0.2) is 48.8 Å². The second-order valence-corrected chi connectivity index (χ2v) is 6.86. The zero-order valence-corrected chi connectivity index (χ0v) is 14.9. The van der Waals surface area contributed by atoms with Crippen LogP contribution >= 0.6 is 22.9 Å². The van der Waals surface area contributed by atoms with Gasteiger partial charge in [-0.25, -0.2) is 4.98 Å². The molecule has 0 aliphatic heterocycles. The van der Waals surface area contributed by atoms with Gasteiger partial charge in [0.1, 0.15) is 9.88 Å². The second-order valence-electron chi connectivity index (χ2n) is 5.42. The fourth-order valence-electron chi connectivity index (χ4n) is 2.32. The highest BCUT2D eigenvalue weighted by molar-refractivity contribution is 7.17. The number of carbonyl (C=O) groups is 1. The molecule has 3 rings (SSSR count). The zero-order chi connectivity index (χ0) is 17.1. The minimum Gasteiger partial charge on any atom is -0.345 e. The summed E-state index contributed by atoms with van der Waals surface area (Å²) < 4.78 is 0. The van der Waals surface area contributed by atoms with E-state index < -0.39 is 0 Å². The first kappa shape index (κ1) is 16.6. The van der Waals surface area contributed by atoms with E-state index in [1.165, 1.54) is 11.3 Å². The van der Waals surface area contributed by atoms with E-state index in [0.29, 0.717) is 9.90 Å². The summed E-state index contributed by atoms with van der Waals surface area (Å²) >= 11 is 7.28. The topological polar surface area (TPSA) is 54.9 Å². The molecule has 0 spiro atoms. The van der Waals surface area contributed by atoms with Crippen LogP contribution in [0.5, 0.6) is 0 Å². The van der Waals surface area contributed by atoms with E-state index in [1.807, 2.05) is 50.2 Å². The molecular formula is C18H16ClN3OS. The fraction of sp³-hybridized carbons (Fsp3) is 0.167. The van der Waals surface area contributed by atoms with Crippen molar-refractivity contribution >= 4 is 28.8 Å². The lowest BCUT2D eigenvalue weighted by Gasteiger charge is -2.13. The van der Waals surface area contributed by atoms with Crippen LogP contribution in [0.1, 0.15) is 33.9 Å². The monoisotopic (exact) mass is 357 g/mol. The molecule has 0 bridgehead atoms. The Kier molecular flexibility index (Phi) is 4.92. The van der Waals surface area contributed by atoms with Crippen molar-refractivity contribution in [1.29, 1.82) is 0 Å². The predicted molar refractivity (Wildman–Crippen MR) is 97.4 cm³/mol. The van der Waals surface area contributed by atoms with Crippen molar-refractivity contribution in [3.8, 4) is 10.6 Å². The van der Waals surface area contributed by atoms with Crippen LogP contribution < -0.4 is 5.32 Å². The largest absolute Gasteiger partial charge is 0.345 e. The van der Waals surface area contributed by atoms with Gasteiger partial charge in [0.05, 0.1) is 11.7 Å². The molecule has 1 atom stereocenters. The van der Waals surface area contributed by atoms with Crippen LogP contribution in [-0.2, 0) is 0 Å². The van der Waals surface area contributed by atoms with Crippen molar-refractivity contribution in [2.45, 2.75) is 19.9 Å². The molecule has 1 aromatic carbocycles. The summed E-state index contributed by atoms with van der Waals surface area (Å²) in [5.41, 5.74) is 2.64. The normalized spacial score (nSPS) is 12.0. The summed E-state index contributed by atoms with van der Waals surface area (Å²) in [6.45, 7) is 3.79. The number of thiazole rings is 1. The third-order valence-electron chi connectivity index (χ3n) is 3.63. The lowest BCUT2D eigenvalue weighted by atomic mass is 10.1. The molecule has 2 aromatic heterocycles. The maximum atomic E-state index is 12.6. The Hall–Kier alpha value is -2.24. The summed E-state index contributed by atoms with van der Waals surface area (Å²) in [7, 11) is 0. The summed E-state index contributed by atoms with van der Waals surface area (Å²) in [6, 6.07) is 11.1. The molecule has 0 radical (unpaired) electrons. The third-order valence-corrected chi connectivity index (χ3v) is 5.09. The Bertz CT molecular complexity index is 846. The van der Waals surface area contributed by atoms with E-state index in [0.717, 1.165) is 21.8 Å². The predicted octanol–water partition coefficient (Wildman–Crippen LogP) is 4.66. The van der Waals surface area contributed by atoms with Gasteiger partial charge in [0, 0.05) is 23.0 Å². The molecule has 3 aromatic rings. The molecule has 0 aliphatic rings. The summed E-state index contributed by atoms with van der Waals surface area (Å²) in [5.74, 6) is -0.123. The van der Waals surface area contributed by atoms with Gasteiger partial charge >= 0.3 is 0 Å². The quantitative estimate of drug-likeness (QED) is 0.738. The molecular weight excluding hydrogens is 342 g/mol. The van der Waals surface area contributed by atoms with Gasteiger partial charge in [0.25, 0.3) is 5.91 Å². The first-order valence-corrected chi connectivity index (χ1v) is 8.68. The molecule has 1 unspecified atom stereocenters. The number of carbonyl (C=O) groups excluding carboxylic acids is 1. The maximum absolute atomic E-state index is 12.6. The average molecular weight is 358 g/mol. The minimum atomic E-state index is -0.123. The number of amides is 1. The molecule has 0 saturated carbocycles. The molecule has 0 aliphatic carbocycles. The van der Waals surface area contributed by atoms with Crippen LogP contribution in [0.25, 0.3) is 10.6 Å². The van der Waals surface area contributed by atoms with Crippen LogP contribution in [0, 0.1) is 6.92 Å². The third kappa shape index (κ3) is 3.63. The van der Waals surface area contributed by atoms with Gasteiger partial charge in [-0.05, 0) is 43.7 Å². The number of nitrogens with one attached hydrogen (secondary N) is 1. The number of halogens is 1. The highest BCUT2D eigenvalue weighted by Gasteiger charge is 2.18. The van der Waals surface area contributed by atoms with Crippen molar-refractivity contribution in [2.24, 2.45) is 0 Å². The number of aryl methyl sites for hydroxylation is 1. The highest BCUT2D eigenvalue weighted by atomic mass is 35.5. The van der Waals surface area contributed by atoms with Crippen LogP contribution in [-0.4, -0.2) is 15.9 Å². The molecule has 4 nitrogen and oxygen atoms in total. The number of rotatable bonds is 4. The number of pyridine rings is 1. The molecule has 122 valence electrons. The van der Waals surface area contributed by atoms with Gasteiger partial charge < -0.3 is 5.32 Å².